The van der Waals surface area contributed by atoms with Gasteiger partial charge < -0.3 is 15.5 Å². The van der Waals surface area contributed by atoms with Crippen molar-refractivity contribution in [1.29, 1.82) is 0 Å². The first-order valence-electron chi connectivity index (χ1n) is 12.8. The number of benzene rings is 3. The molecule has 37 heavy (non-hydrogen) atoms. The Morgan fingerprint density at radius 1 is 1.03 bits per heavy atom. The van der Waals surface area contributed by atoms with Crippen LogP contribution < -0.4 is 15.5 Å². The van der Waals surface area contributed by atoms with Crippen molar-refractivity contribution in [3.8, 4) is 0 Å². The van der Waals surface area contributed by atoms with Gasteiger partial charge in [0.05, 0.1) is 10.6 Å². The lowest BCUT2D eigenvalue weighted by molar-refractivity contribution is 0.0985. The molecule has 2 N–H and O–H groups in total. The second-order valence-corrected chi connectivity index (χ2v) is 10.7. The van der Waals surface area contributed by atoms with Crippen molar-refractivity contribution in [1.82, 2.24) is 5.32 Å². The molecule has 7 heteroatoms. The predicted molar refractivity (Wildman–Crippen MR) is 153 cm³/mol. The summed E-state index contributed by atoms with van der Waals surface area (Å²) in [5, 5.41) is 7.46. The Morgan fingerprint density at radius 3 is 2.54 bits per heavy atom. The van der Waals surface area contributed by atoms with Gasteiger partial charge in [-0.25, -0.2) is 0 Å². The third-order valence-corrected chi connectivity index (χ3v) is 7.34. The van der Waals surface area contributed by atoms with Crippen LogP contribution in [0.5, 0.6) is 0 Å². The van der Waals surface area contributed by atoms with Gasteiger partial charge in [-0.1, -0.05) is 49.2 Å². The smallest absolute Gasteiger partial charge is 0.258 e. The maximum absolute atomic E-state index is 13.8. The van der Waals surface area contributed by atoms with Crippen molar-refractivity contribution in [3.63, 3.8) is 0 Å². The lowest BCUT2D eigenvalue weighted by Crippen LogP contribution is -2.32. The van der Waals surface area contributed by atoms with Crippen LogP contribution in [0, 0.1) is 6.92 Å². The minimum Gasteiger partial charge on any atom is -0.322 e. The molecule has 0 saturated carbocycles. The largest absolute Gasteiger partial charge is 0.322 e. The molecule has 5 nitrogen and oxygen atoms in total. The van der Waals surface area contributed by atoms with Crippen LogP contribution in [-0.4, -0.2) is 30.9 Å². The summed E-state index contributed by atoms with van der Waals surface area (Å²) in [4.78, 5) is 28.4. The first kappa shape index (κ1) is 27.2. The normalized spacial score (nSPS) is 15.3. The minimum absolute atomic E-state index is 0.0500. The summed E-state index contributed by atoms with van der Waals surface area (Å²) in [7, 11) is 0. The Morgan fingerprint density at radius 2 is 1.81 bits per heavy atom. The maximum atomic E-state index is 13.8. The molecule has 3 aromatic rings. The second kappa shape index (κ2) is 12.1. The van der Waals surface area contributed by atoms with E-state index in [-0.39, 0.29) is 11.8 Å². The van der Waals surface area contributed by atoms with Gasteiger partial charge in [0, 0.05) is 34.5 Å². The van der Waals surface area contributed by atoms with Gasteiger partial charge in [-0.3, -0.25) is 9.59 Å². The van der Waals surface area contributed by atoms with Crippen molar-refractivity contribution in [2.24, 2.45) is 0 Å². The van der Waals surface area contributed by atoms with Crippen molar-refractivity contribution >= 4 is 46.4 Å². The number of rotatable bonds is 7. The van der Waals surface area contributed by atoms with E-state index in [0.29, 0.717) is 45.4 Å². The van der Waals surface area contributed by atoms with Gasteiger partial charge in [-0.2, -0.15) is 0 Å². The quantitative estimate of drug-likeness (QED) is 0.328. The predicted octanol–water partition coefficient (Wildman–Crippen LogP) is 7.47. The van der Waals surface area contributed by atoms with Crippen molar-refractivity contribution in [2.45, 2.75) is 52.0 Å². The molecular formula is C30H33Cl2N3O2. The van der Waals surface area contributed by atoms with E-state index in [2.05, 4.69) is 24.5 Å². The van der Waals surface area contributed by atoms with Crippen LogP contribution in [0.2, 0.25) is 10.0 Å². The first-order chi connectivity index (χ1) is 17.7. The van der Waals surface area contributed by atoms with Gasteiger partial charge in [0.2, 0.25) is 0 Å². The molecule has 0 radical (unpaired) electrons. The van der Waals surface area contributed by atoms with E-state index in [9.17, 15) is 9.59 Å². The zero-order chi connectivity index (χ0) is 26.5. The molecule has 1 unspecified atom stereocenters. The number of anilines is 2. The molecule has 0 aromatic heterocycles. The van der Waals surface area contributed by atoms with E-state index in [1.807, 2.05) is 36.1 Å². The van der Waals surface area contributed by atoms with E-state index >= 15 is 0 Å². The van der Waals surface area contributed by atoms with E-state index in [1.165, 1.54) is 0 Å². The Hall–Kier alpha value is -2.86. The van der Waals surface area contributed by atoms with Crippen molar-refractivity contribution < 1.29 is 9.59 Å². The Balaban J connectivity index is 1.56. The number of amides is 2. The number of nitrogens with zero attached hydrogens (tertiary/aromatic N) is 1. The molecule has 0 aliphatic carbocycles. The van der Waals surface area contributed by atoms with Crippen LogP contribution in [0.3, 0.4) is 0 Å². The maximum Gasteiger partial charge on any atom is 0.258 e. The molecule has 0 spiro atoms. The fourth-order valence-corrected chi connectivity index (χ4v) is 5.30. The fraction of sp³-hybridized carbons (Fsp3) is 0.333. The minimum atomic E-state index is -0.291. The number of halogens is 2. The van der Waals surface area contributed by atoms with Crippen molar-refractivity contribution in [3.05, 3.63) is 93.0 Å². The van der Waals surface area contributed by atoms with E-state index in [0.717, 1.165) is 42.6 Å². The highest BCUT2D eigenvalue weighted by Crippen LogP contribution is 2.38. The topological polar surface area (TPSA) is 61.4 Å². The Bertz CT molecular complexity index is 1290. The van der Waals surface area contributed by atoms with E-state index in [1.54, 1.807) is 36.4 Å². The molecule has 194 valence electrons. The van der Waals surface area contributed by atoms with Gasteiger partial charge in [0.15, 0.2) is 0 Å². The van der Waals surface area contributed by atoms with E-state index < -0.39 is 0 Å². The summed E-state index contributed by atoms with van der Waals surface area (Å²) in [6.07, 6.45) is 2.91. The fourth-order valence-electron chi connectivity index (χ4n) is 4.90. The monoisotopic (exact) mass is 537 g/mol. The van der Waals surface area contributed by atoms with Gasteiger partial charge in [0.25, 0.3) is 11.8 Å². The molecule has 2 amide bonds. The Labute approximate surface area is 229 Å². The highest BCUT2D eigenvalue weighted by atomic mass is 35.5. The van der Waals surface area contributed by atoms with E-state index in [4.69, 9.17) is 23.2 Å². The van der Waals surface area contributed by atoms with Crippen LogP contribution in [0.15, 0.2) is 60.7 Å². The summed E-state index contributed by atoms with van der Waals surface area (Å²) in [6.45, 7) is 7.75. The molecule has 0 bridgehead atoms. The summed E-state index contributed by atoms with van der Waals surface area (Å²) in [6, 6.07) is 18.6. The molecule has 1 aliphatic heterocycles. The summed E-state index contributed by atoms with van der Waals surface area (Å²) >= 11 is 12.6. The molecule has 1 atom stereocenters. The molecule has 1 heterocycles. The van der Waals surface area contributed by atoms with Gasteiger partial charge in [-0.05, 0) is 98.3 Å². The summed E-state index contributed by atoms with van der Waals surface area (Å²) in [5.41, 5.74) is 4.47. The van der Waals surface area contributed by atoms with Gasteiger partial charge in [0.1, 0.15) is 0 Å². The number of fused-ring (bicyclic) bond motifs is 1. The molecule has 0 saturated heterocycles. The molecule has 0 fully saturated rings. The summed E-state index contributed by atoms with van der Waals surface area (Å²) in [5.74, 6) is -0.00680. The molecule has 4 rings (SSSR count). The van der Waals surface area contributed by atoms with Gasteiger partial charge in [-0.15, -0.1) is 0 Å². The average Bonchev–Trinajstić information content (AvgIpc) is 3.03. The third kappa shape index (κ3) is 6.53. The number of hydrogen-bond acceptors (Lipinski definition) is 3. The highest BCUT2D eigenvalue weighted by Gasteiger charge is 2.28. The van der Waals surface area contributed by atoms with Crippen LogP contribution in [0.4, 0.5) is 11.4 Å². The number of hydrogen-bond donors (Lipinski definition) is 2. The second-order valence-electron chi connectivity index (χ2n) is 9.86. The zero-order valence-corrected chi connectivity index (χ0v) is 23.0. The molecule has 1 aliphatic rings. The SMILES string of the molecule is Cc1cc(NC(=O)c2ccccc2Cl)ccc1C(=O)N1CCCC(CCNC(C)C)c2cc(Cl)ccc21. The standard InChI is InChI=1S/C30H33Cl2N3O2/c1-19(2)33-15-14-21-7-6-16-35(28-13-10-22(31)18-26(21)28)30(37)24-12-11-23(17-20(24)3)34-29(36)25-8-4-5-9-27(25)32/h4-5,8-13,17-19,21,33H,6-7,14-16H2,1-3H3,(H,34,36). The summed E-state index contributed by atoms with van der Waals surface area (Å²) < 4.78 is 0. The van der Waals surface area contributed by atoms with Crippen molar-refractivity contribution in [2.75, 3.05) is 23.3 Å². The molecular weight excluding hydrogens is 505 g/mol. The number of aryl methyl sites for hydroxylation is 1. The lowest BCUT2D eigenvalue weighted by Gasteiger charge is -2.25. The number of carbonyl (C=O) groups is 2. The number of nitrogens with one attached hydrogen (secondary N) is 2. The van der Waals surface area contributed by atoms with Crippen LogP contribution in [0.25, 0.3) is 0 Å². The third-order valence-electron chi connectivity index (χ3n) is 6.78. The van der Waals surface area contributed by atoms with Crippen LogP contribution in [0.1, 0.15) is 70.9 Å². The van der Waals surface area contributed by atoms with Crippen LogP contribution in [-0.2, 0) is 0 Å². The number of carbonyl (C=O) groups excluding carboxylic acids is 2. The lowest BCUT2D eigenvalue weighted by atomic mass is 9.91. The van der Waals surface area contributed by atoms with Gasteiger partial charge >= 0.3 is 0 Å². The molecule has 3 aromatic carbocycles. The zero-order valence-electron chi connectivity index (χ0n) is 21.5. The van der Waals surface area contributed by atoms with Crippen LogP contribution >= 0.6 is 23.2 Å². The highest BCUT2D eigenvalue weighted by molar-refractivity contribution is 6.34. The average molecular weight is 539 g/mol. The Kier molecular flexibility index (Phi) is 8.91. The first-order valence-corrected chi connectivity index (χ1v) is 13.5.